The van der Waals surface area contributed by atoms with Gasteiger partial charge in [0.15, 0.2) is 0 Å². The van der Waals surface area contributed by atoms with Crippen LogP contribution in [0.1, 0.15) is 30.7 Å². The van der Waals surface area contributed by atoms with E-state index >= 15 is 0 Å². The molecule has 0 N–H and O–H groups in total. The highest BCUT2D eigenvalue weighted by Crippen LogP contribution is 2.14. The Morgan fingerprint density at radius 3 is 2.24 bits per heavy atom. The molecular weight excluding hydrogens is 416 g/mol. The summed E-state index contributed by atoms with van der Waals surface area (Å²) in [5, 5.41) is 0. The third kappa shape index (κ3) is 7.24. The van der Waals surface area contributed by atoms with Crippen molar-refractivity contribution in [2.75, 3.05) is 20.2 Å². The van der Waals surface area contributed by atoms with Crippen molar-refractivity contribution in [2.24, 2.45) is 0 Å². The predicted molar refractivity (Wildman–Crippen MR) is 128 cm³/mol. The largest absolute Gasteiger partial charge is 0.497 e. The second-order valence-electron chi connectivity index (χ2n) is 8.27. The van der Waals surface area contributed by atoms with Crippen LogP contribution >= 0.6 is 0 Å². The molecule has 0 spiro atoms. The Hall–Kier alpha value is -3.54. The number of amides is 2. The van der Waals surface area contributed by atoms with Crippen molar-refractivity contribution in [3.63, 3.8) is 0 Å². The first-order valence-electron chi connectivity index (χ1n) is 11.2. The van der Waals surface area contributed by atoms with Gasteiger partial charge in [0.05, 0.1) is 32.9 Å². The summed E-state index contributed by atoms with van der Waals surface area (Å²) >= 11 is 0. The highest BCUT2D eigenvalue weighted by molar-refractivity contribution is 5.86. The van der Waals surface area contributed by atoms with Gasteiger partial charge in [-0.2, -0.15) is 0 Å². The average Bonchev–Trinajstić information content (AvgIpc) is 3.34. The van der Waals surface area contributed by atoms with E-state index in [2.05, 4.69) is 0 Å². The Bertz CT molecular complexity index is 998. The zero-order valence-electron chi connectivity index (χ0n) is 19.6. The second-order valence-corrected chi connectivity index (χ2v) is 8.27. The van der Waals surface area contributed by atoms with Gasteiger partial charge in [-0.1, -0.05) is 42.5 Å². The summed E-state index contributed by atoms with van der Waals surface area (Å²) in [5.41, 5.74) is 2.04. The van der Waals surface area contributed by atoms with Crippen LogP contribution in [0.15, 0.2) is 77.4 Å². The van der Waals surface area contributed by atoms with Crippen LogP contribution in [-0.2, 0) is 29.0 Å². The maximum absolute atomic E-state index is 13.3. The third-order valence-corrected chi connectivity index (χ3v) is 5.56. The van der Waals surface area contributed by atoms with Gasteiger partial charge in [0.25, 0.3) is 0 Å². The molecule has 0 aliphatic carbocycles. The number of benzene rings is 2. The average molecular weight is 449 g/mol. The Kier molecular flexibility index (Phi) is 8.70. The molecule has 6 heteroatoms. The summed E-state index contributed by atoms with van der Waals surface area (Å²) in [4.78, 5) is 29.8. The predicted octanol–water partition coefficient (Wildman–Crippen LogP) is 4.34. The minimum Gasteiger partial charge on any atom is -0.497 e. The molecule has 0 unspecified atom stereocenters. The Morgan fingerprint density at radius 2 is 1.64 bits per heavy atom. The van der Waals surface area contributed by atoms with Gasteiger partial charge in [-0.25, -0.2) is 0 Å². The van der Waals surface area contributed by atoms with Crippen molar-refractivity contribution in [1.29, 1.82) is 0 Å². The molecule has 6 nitrogen and oxygen atoms in total. The van der Waals surface area contributed by atoms with Gasteiger partial charge in [-0.05, 0) is 55.7 Å². The van der Waals surface area contributed by atoms with Crippen LogP contribution < -0.4 is 4.74 Å². The molecule has 0 saturated carbocycles. The molecule has 3 rings (SSSR count). The number of rotatable bonds is 11. The fourth-order valence-electron chi connectivity index (χ4n) is 3.62. The molecule has 0 radical (unpaired) electrons. The summed E-state index contributed by atoms with van der Waals surface area (Å²) in [5.74, 6) is 1.29. The lowest BCUT2D eigenvalue weighted by molar-refractivity contribution is -0.142. The van der Waals surface area contributed by atoms with E-state index in [-0.39, 0.29) is 30.8 Å². The first kappa shape index (κ1) is 24.1. The van der Waals surface area contributed by atoms with E-state index in [0.29, 0.717) is 13.1 Å². The van der Waals surface area contributed by atoms with E-state index in [9.17, 15) is 9.59 Å². The molecule has 0 bridgehead atoms. The van der Waals surface area contributed by atoms with E-state index in [4.69, 9.17) is 9.15 Å². The monoisotopic (exact) mass is 448 g/mol. The van der Waals surface area contributed by atoms with Crippen LogP contribution in [0.25, 0.3) is 0 Å². The number of hydrogen-bond donors (Lipinski definition) is 0. The molecule has 1 heterocycles. The van der Waals surface area contributed by atoms with Gasteiger partial charge in [0.1, 0.15) is 11.5 Å². The fraction of sp³-hybridized carbons (Fsp3) is 0.333. The van der Waals surface area contributed by atoms with Crippen LogP contribution in [0, 0.1) is 0 Å². The molecule has 1 aromatic heterocycles. The highest BCUT2D eigenvalue weighted by atomic mass is 16.5. The van der Waals surface area contributed by atoms with E-state index < -0.39 is 0 Å². The molecule has 174 valence electrons. The molecule has 33 heavy (non-hydrogen) atoms. The maximum Gasteiger partial charge on any atom is 0.242 e. The van der Waals surface area contributed by atoms with Crippen LogP contribution in [0.4, 0.5) is 0 Å². The van der Waals surface area contributed by atoms with Crippen molar-refractivity contribution >= 4 is 11.8 Å². The molecule has 0 saturated heterocycles. The number of methoxy groups -OCH3 is 1. The zero-order chi connectivity index (χ0) is 23.6. The van der Waals surface area contributed by atoms with E-state index in [1.165, 1.54) is 0 Å². The third-order valence-electron chi connectivity index (χ3n) is 5.56. The number of furan rings is 1. The van der Waals surface area contributed by atoms with Gasteiger partial charge < -0.3 is 19.0 Å². The molecule has 0 aliphatic heterocycles. The van der Waals surface area contributed by atoms with Crippen LogP contribution in [-0.4, -0.2) is 47.9 Å². The van der Waals surface area contributed by atoms with Crippen molar-refractivity contribution < 1.29 is 18.7 Å². The molecule has 0 fully saturated rings. The van der Waals surface area contributed by atoms with Gasteiger partial charge in [-0.15, -0.1) is 0 Å². The Balaban J connectivity index is 1.68. The minimum atomic E-state index is -0.0980. The minimum absolute atomic E-state index is 0.0299. The molecule has 0 atom stereocenters. The van der Waals surface area contributed by atoms with E-state index in [1.54, 1.807) is 23.2 Å². The van der Waals surface area contributed by atoms with Crippen molar-refractivity contribution in [3.05, 3.63) is 89.9 Å². The topological polar surface area (TPSA) is 63.0 Å². The molecular formula is C27H32N2O4. The zero-order valence-corrected chi connectivity index (χ0v) is 19.6. The number of carbonyl (C=O) groups is 2. The van der Waals surface area contributed by atoms with Crippen LogP contribution in [0.2, 0.25) is 0 Å². The fourth-order valence-corrected chi connectivity index (χ4v) is 3.62. The summed E-state index contributed by atoms with van der Waals surface area (Å²) in [6, 6.07) is 21.1. The standard InChI is InChI=1S/C27H32N2O4/c1-21(2)29(26(30)18-23-11-13-24(32-3)14-12-23)20-27(31)28(19-25-10-7-17-33-25)16-15-22-8-5-4-6-9-22/h4-14,17,21H,15-16,18-20H2,1-3H3. The Morgan fingerprint density at radius 1 is 0.909 bits per heavy atom. The molecule has 2 aromatic carbocycles. The summed E-state index contributed by atoms with van der Waals surface area (Å²) in [6.07, 6.45) is 2.57. The second kappa shape index (κ2) is 11.9. The molecule has 0 aliphatic rings. The summed E-state index contributed by atoms with van der Waals surface area (Å²) in [6.45, 7) is 4.81. The molecule has 2 amide bonds. The highest BCUT2D eigenvalue weighted by Gasteiger charge is 2.24. The number of ether oxygens (including phenoxy) is 1. The van der Waals surface area contributed by atoms with Crippen LogP contribution in [0.5, 0.6) is 5.75 Å². The van der Waals surface area contributed by atoms with Crippen molar-refractivity contribution in [3.8, 4) is 5.75 Å². The SMILES string of the molecule is COc1ccc(CC(=O)N(CC(=O)N(CCc2ccccc2)Cc2ccco2)C(C)C)cc1. The molecule has 3 aromatic rings. The van der Waals surface area contributed by atoms with Crippen molar-refractivity contribution in [1.82, 2.24) is 9.80 Å². The van der Waals surface area contributed by atoms with Gasteiger partial charge in [-0.3, -0.25) is 9.59 Å². The first-order chi connectivity index (χ1) is 16.0. The quantitative estimate of drug-likeness (QED) is 0.438. The Labute approximate surface area is 195 Å². The first-order valence-corrected chi connectivity index (χ1v) is 11.2. The van der Waals surface area contributed by atoms with E-state index in [0.717, 1.165) is 29.1 Å². The van der Waals surface area contributed by atoms with Gasteiger partial charge in [0, 0.05) is 12.6 Å². The lowest BCUT2D eigenvalue weighted by Gasteiger charge is -2.30. The number of carbonyl (C=O) groups excluding carboxylic acids is 2. The smallest absolute Gasteiger partial charge is 0.242 e. The van der Waals surface area contributed by atoms with E-state index in [1.807, 2.05) is 80.6 Å². The lowest BCUT2D eigenvalue weighted by atomic mass is 10.1. The normalized spacial score (nSPS) is 10.8. The lowest BCUT2D eigenvalue weighted by Crippen LogP contribution is -2.46. The van der Waals surface area contributed by atoms with Gasteiger partial charge in [0.2, 0.25) is 11.8 Å². The van der Waals surface area contributed by atoms with Gasteiger partial charge >= 0.3 is 0 Å². The summed E-state index contributed by atoms with van der Waals surface area (Å²) in [7, 11) is 1.61. The number of hydrogen-bond acceptors (Lipinski definition) is 4. The number of nitrogens with zero attached hydrogens (tertiary/aromatic N) is 2. The summed E-state index contributed by atoms with van der Waals surface area (Å²) < 4.78 is 10.7. The van der Waals surface area contributed by atoms with Crippen LogP contribution in [0.3, 0.4) is 0 Å². The maximum atomic E-state index is 13.3. The van der Waals surface area contributed by atoms with Crippen molar-refractivity contribution in [2.45, 2.75) is 39.3 Å².